The summed E-state index contributed by atoms with van der Waals surface area (Å²) < 4.78 is 6.39. The van der Waals surface area contributed by atoms with Crippen molar-refractivity contribution in [1.82, 2.24) is 4.90 Å². The van der Waals surface area contributed by atoms with Crippen LogP contribution in [-0.2, 0) is 0 Å². The Bertz CT molecular complexity index is 411. The number of anilines is 1. The molecule has 1 unspecified atom stereocenters. The lowest BCUT2D eigenvalue weighted by Crippen LogP contribution is -2.26. The number of ether oxygens (including phenoxy) is 1. The molecule has 19 heavy (non-hydrogen) atoms. The molecule has 2 rings (SSSR count). The Labute approximate surface area is 124 Å². The van der Waals surface area contributed by atoms with Gasteiger partial charge in [0.25, 0.3) is 0 Å². The van der Waals surface area contributed by atoms with E-state index in [2.05, 4.69) is 39.1 Å². The van der Waals surface area contributed by atoms with E-state index in [1.54, 1.807) is 7.11 Å². The Kier molecular flexibility index (Phi) is 5.52. The Balaban J connectivity index is 2.00. The average Bonchev–Trinajstić information content (AvgIpc) is 2.66. The van der Waals surface area contributed by atoms with Gasteiger partial charge in [0.2, 0.25) is 0 Å². The van der Waals surface area contributed by atoms with E-state index in [1.807, 2.05) is 12.1 Å². The van der Waals surface area contributed by atoms with Crippen LogP contribution in [0.25, 0.3) is 0 Å². The van der Waals surface area contributed by atoms with Crippen LogP contribution in [0.4, 0.5) is 5.69 Å². The van der Waals surface area contributed by atoms with Gasteiger partial charge in [-0.05, 0) is 60.4 Å². The van der Waals surface area contributed by atoms with Crippen molar-refractivity contribution in [3.8, 4) is 5.75 Å². The summed E-state index contributed by atoms with van der Waals surface area (Å²) >= 11 is 3.60. The van der Waals surface area contributed by atoms with Gasteiger partial charge in [0.1, 0.15) is 5.75 Å². The molecule has 3 nitrogen and oxygen atoms in total. The predicted molar refractivity (Wildman–Crippen MR) is 84.1 cm³/mol. The fourth-order valence-corrected chi connectivity index (χ4v) is 2.94. The van der Waals surface area contributed by atoms with Crippen LogP contribution in [0.15, 0.2) is 22.7 Å². The molecule has 106 valence electrons. The largest absolute Gasteiger partial charge is 0.497 e. The van der Waals surface area contributed by atoms with Gasteiger partial charge in [-0.1, -0.05) is 6.92 Å². The summed E-state index contributed by atoms with van der Waals surface area (Å²) in [6.45, 7) is 5.83. The number of methoxy groups -OCH3 is 1. The smallest absolute Gasteiger partial charge is 0.121 e. The molecule has 1 N–H and O–H groups in total. The Morgan fingerprint density at radius 3 is 2.95 bits per heavy atom. The summed E-state index contributed by atoms with van der Waals surface area (Å²) in [5.74, 6) is 0.898. The van der Waals surface area contributed by atoms with E-state index in [0.717, 1.165) is 22.5 Å². The van der Waals surface area contributed by atoms with Crippen LogP contribution >= 0.6 is 15.9 Å². The van der Waals surface area contributed by atoms with Crippen molar-refractivity contribution < 1.29 is 4.74 Å². The van der Waals surface area contributed by atoms with Crippen LogP contribution in [0.2, 0.25) is 0 Å². The van der Waals surface area contributed by atoms with E-state index in [9.17, 15) is 0 Å². The normalized spacial score (nSPS) is 20.9. The Hall–Kier alpha value is -0.740. The highest BCUT2D eigenvalue weighted by Gasteiger charge is 2.16. The Morgan fingerprint density at radius 1 is 1.37 bits per heavy atom. The first-order valence-corrected chi connectivity index (χ1v) is 7.84. The minimum absolute atomic E-state index is 0.556. The molecular formula is C15H23BrN2O. The second-order valence-electron chi connectivity index (χ2n) is 5.05. The van der Waals surface area contributed by atoms with E-state index >= 15 is 0 Å². The van der Waals surface area contributed by atoms with Gasteiger partial charge in [-0.3, -0.25) is 0 Å². The molecule has 0 aromatic heterocycles. The number of nitrogens with one attached hydrogen (secondary N) is 1. The molecule has 0 spiro atoms. The molecule has 0 aliphatic carbocycles. The highest BCUT2D eigenvalue weighted by atomic mass is 79.9. The SMILES string of the molecule is CCN1CCCC(Nc2cc(OC)ccc2Br)CC1. The highest BCUT2D eigenvalue weighted by molar-refractivity contribution is 9.10. The van der Waals surface area contributed by atoms with Gasteiger partial charge in [0.15, 0.2) is 0 Å². The third kappa shape index (κ3) is 4.11. The molecule has 0 bridgehead atoms. The highest BCUT2D eigenvalue weighted by Crippen LogP contribution is 2.29. The number of benzene rings is 1. The lowest BCUT2D eigenvalue weighted by Gasteiger charge is -2.20. The van der Waals surface area contributed by atoms with Gasteiger partial charge in [0.05, 0.1) is 12.8 Å². The number of hydrogen-bond donors (Lipinski definition) is 1. The van der Waals surface area contributed by atoms with E-state index in [4.69, 9.17) is 4.74 Å². The van der Waals surface area contributed by atoms with Crippen molar-refractivity contribution in [2.45, 2.75) is 32.2 Å². The number of hydrogen-bond acceptors (Lipinski definition) is 3. The van der Waals surface area contributed by atoms with Crippen molar-refractivity contribution >= 4 is 21.6 Å². The molecular weight excluding hydrogens is 304 g/mol. The number of rotatable bonds is 4. The van der Waals surface area contributed by atoms with Crippen molar-refractivity contribution in [3.05, 3.63) is 22.7 Å². The molecule has 0 saturated carbocycles. The predicted octanol–water partition coefficient (Wildman–Crippen LogP) is 3.74. The zero-order valence-corrected chi connectivity index (χ0v) is 13.4. The summed E-state index contributed by atoms with van der Waals surface area (Å²) in [4.78, 5) is 2.53. The van der Waals surface area contributed by atoms with Gasteiger partial charge in [0, 0.05) is 23.1 Å². The van der Waals surface area contributed by atoms with E-state index < -0.39 is 0 Å². The maximum atomic E-state index is 5.29. The van der Waals surface area contributed by atoms with Gasteiger partial charge >= 0.3 is 0 Å². The van der Waals surface area contributed by atoms with Crippen LogP contribution in [0.1, 0.15) is 26.2 Å². The molecule has 4 heteroatoms. The standard InChI is InChI=1S/C15H23BrN2O/c1-3-18-9-4-5-12(8-10-18)17-15-11-13(19-2)6-7-14(15)16/h6-7,11-12,17H,3-5,8-10H2,1-2H3. The molecule has 1 aromatic carbocycles. The molecule has 1 aliphatic rings. The van der Waals surface area contributed by atoms with Gasteiger partial charge < -0.3 is 15.0 Å². The molecule has 1 fully saturated rings. The fraction of sp³-hybridized carbons (Fsp3) is 0.600. The van der Waals surface area contributed by atoms with Crippen LogP contribution in [-0.4, -0.2) is 37.7 Å². The molecule has 1 aliphatic heterocycles. The molecule has 1 saturated heterocycles. The van der Waals surface area contributed by atoms with Crippen LogP contribution in [0.5, 0.6) is 5.75 Å². The minimum Gasteiger partial charge on any atom is -0.497 e. The first kappa shape index (κ1) is 14.7. The van der Waals surface area contributed by atoms with Gasteiger partial charge in [-0.25, -0.2) is 0 Å². The fourth-order valence-electron chi connectivity index (χ4n) is 2.58. The molecule has 1 heterocycles. The summed E-state index contributed by atoms with van der Waals surface area (Å²) in [6, 6.07) is 6.63. The quantitative estimate of drug-likeness (QED) is 0.912. The van der Waals surface area contributed by atoms with E-state index in [1.165, 1.54) is 32.4 Å². The second kappa shape index (κ2) is 7.15. The third-order valence-electron chi connectivity index (χ3n) is 3.80. The summed E-state index contributed by atoms with van der Waals surface area (Å²) in [5.41, 5.74) is 1.13. The van der Waals surface area contributed by atoms with Gasteiger partial charge in [-0.2, -0.15) is 0 Å². The summed E-state index contributed by atoms with van der Waals surface area (Å²) in [5, 5.41) is 3.65. The van der Waals surface area contributed by atoms with Gasteiger partial charge in [-0.15, -0.1) is 0 Å². The maximum Gasteiger partial charge on any atom is 0.121 e. The van der Waals surface area contributed by atoms with Crippen molar-refractivity contribution in [2.24, 2.45) is 0 Å². The van der Waals surface area contributed by atoms with Crippen LogP contribution in [0, 0.1) is 0 Å². The van der Waals surface area contributed by atoms with Crippen molar-refractivity contribution in [3.63, 3.8) is 0 Å². The topological polar surface area (TPSA) is 24.5 Å². The zero-order valence-electron chi connectivity index (χ0n) is 11.8. The lowest BCUT2D eigenvalue weighted by atomic mass is 10.1. The molecule has 0 radical (unpaired) electrons. The van der Waals surface area contributed by atoms with Crippen LogP contribution < -0.4 is 10.1 Å². The molecule has 0 amide bonds. The summed E-state index contributed by atoms with van der Waals surface area (Å²) in [6.07, 6.45) is 3.71. The number of halogens is 1. The summed E-state index contributed by atoms with van der Waals surface area (Å²) in [7, 11) is 1.71. The van der Waals surface area contributed by atoms with E-state index in [-0.39, 0.29) is 0 Å². The average molecular weight is 327 g/mol. The van der Waals surface area contributed by atoms with Crippen molar-refractivity contribution in [2.75, 3.05) is 32.1 Å². The number of nitrogens with zero attached hydrogens (tertiary/aromatic N) is 1. The van der Waals surface area contributed by atoms with Crippen molar-refractivity contribution in [1.29, 1.82) is 0 Å². The molecule has 1 aromatic rings. The van der Waals surface area contributed by atoms with E-state index in [0.29, 0.717) is 6.04 Å². The van der Waals surface area contributed by atoms with Crippen LogP contribution in [0.3, 0.4) is 0 Å². The monoisotopic (exact) mass is 326 g/mol. The Morgan fingerprint density at radius 2 is 2.21 bits per heavy atom. The minimum atomic E-state index is 0.556. The second-order valence-corrected chi connectivity index (χ2v) is 5.91. The molecule has 1 atom stereocenters. The first-order chi connectivity index (χ1) is 9.22. The third-order valence-corrected chi connectivity index (χ3v) is 4.49. The lowest BCUT2D eigenvalue weighted by molar-refractivity contribution is 0.300. The maximum absolute atomic E-state index is 5.29. The first-order valence-electron chi connectivity index (χ1n) is 7.05. The number of likely N-dealkylation sites (tertiary alicyclic amines) is 1. The zero-order chi connectivity index (χ0) is 13.7.